The van der Waals surface area contributed by atoms with E-state index in [-0.39, 0.29) is 0 Å². The smallest absolute Gasteiger partial charge is 0.216 e. The molecule has 0 spiro atoms. The molecule has 0 aliphatic carbocycles. The van der Waals surface area contributed by atoms with Crippen molar-refractivity contribution in [3.8, 4) is 0 Å². The Labute approximate surface area is 92.3 Å². The van der Waals surface area contributed by atoms with E-state index in [0.29, 0.717) is 4.77 Å². The van der Waals surface area contributed by atoms with E-state index in [4.69, 9.17) is 12.2 Å². The monoisotopic (exact) mass is 218 g/mol. The van der Waals surface area contributed by atoms with E-state index in [2.05, 4.69) is 15.3 Å². The van der Waals surface area contributed by atoms with Crippen LogP contribution in [0.5, 0.6) is 0 Å². The lowest BCUT2D eigenvalue weighted by Crippen LogP contribution is -1.88. The van der Waals surface area contributed by atoms with E-state index in [9.17, 15) is 0 Å². The molecule has 0 bridgehead atoms. The van der Waals surface area contributed by atoms with Crippen LogP contribution in [0.1, 0.15) is 11.1 Å². The summed E-state index contributed by atoms with van der Waals surface area (Å²) in [5.41, 5.74) is 2.26. The molecule has 0 aliphatic heterocycles. The maximum atomic E-state index is 4.95. The van der Waals surface area contributed by atoms with Crippen LogP contribution in [-0.2, 0) is 0 Å². The SMILES string of the molecule is Cc1ccc(/C=N/n2cn[nH]c2=S)cc1. The first kappa shape index (κ1) is 9.79. The Morgan fingerprint density at radius 1 is 1.40 bits per heavy atom. The van der Waals surface area contributed by atoms with Gasteiger partial charge in [0.1, 0.15) is 6.33 Å². The number of rotatable bonds is 2. The molecule has 1 heterocycles. The van der Waals surface area contributed by atoms with Crippen LogP contribution in [0.25, 0.3) is 0 Å². The van der Waals surface area contributed by atoms with E-state index < -0.39 is 0 Å². The molecule has 1 aromatic carbocycles. The van der Waals surface area contributed by atoms with E-state index in [1.165, 1.54) is 16.6 Å². The minimum absolute atomic E-state index is 0.485. The Bertz CT molecular complexity index is 521. The van der Waals surface area contributed by atoms with Crippen molar-refractivity contribution in [3.05, 3.63) is 46.5 Å². The van der Waals surface area contributed by atoms with Crippen LogP contribution in [0.2, 0.25) is 0 Å². The molecule has 0 unspecified atom stereocenters. The number of hydrogen-bond donors (Lipinski definition) is 1. The van der Waals surface area contributed by atoms with Crippen LogP contribution in [0, 0.1) is 11.7 Å². The van der Waals surface area contributed by atoms with Gasteiger partial charge in [0.05, 0.1) is 6.21 Å². The molecule has 0 aliphatic rings. The summed E-state index contributed by atoms with van der Waals surface area (Å²) >= 11 is 4.95. The van der Waals surface area contributed by atoms with Gasteiger partial charge in [0.15, 0.2) is 0 Å². The lowest BCUT2D eigenvalue weighted by molar-refractivity contribution is 0.863. The van der Waals surface area contributed by atoms with Crippen LogP contribution in [0.15, 0.2) is 35.7 Å². The van der Waals surface area contributed by atoms with Gasteiger partial charge in [-0.25, -0.2) is 0 Å². The summed E-state index contributed by atoms with van der Waals surface area (Å²) in [6, 6.07) is 8.08. The Kier molecular flexibility index (Phi) is 2.73. The summed E-state index contributed by atoms with van der Waals surface area (Å²) in [4.78, 5) is 0. The average molecular weight is 218 g/mol. The molecular formula is C10H10N4S. The highest BCUT2D eigenvalue weighted by Gasteiger charge is 1.89. The maximum Gasteiger partial charge on any atom is 0.216 e. The molecule has 0 saturated carbocycles. The van der Waals surface area contributed by atoms with Crippen molar-refractivity contribution in [1.29, 1.82) is 0 Å². The number of nitrogens with one attached hydrogen (secondary N) is 1. The Morgan fingerprint density at radius 3 is 2.73 bits per heavy atom. The van der Waals surface area contributed by atoms with E-state index in [0.717, 1.165) is 5.56 Å². The molecule has 4 nitrogen and oxygen atoms in total. The predicted octanol–water partition coefficient (Wildman–Crippen LogP) is 2.13. The largest absolute Gasteiger partial charge is 0.250 e. The number of aromatic nitrogens is 3. The summed E-state index contributed by atoms with van der Waals surface area (Å²) in [7, 11) is 0. The lowest BCUT2D eigenvalue weighted by atomic mass is 10.2. The fourth-order valence-electron chi connectivity index (χ4n) is 1.11. The summed E-state index contributed by atoms with van der Waals surface area (Å²) in [6.07, 6.45) is 3.28. The topological polar surface area (TPSA) is 46.0 Å². The lowest BCUT2D eigenvalue weighted by Gasteiger charge is -1.94. The predicted molar refractivity (Wildman–Crippen MR) is 61.6 cm³/mol. The van der Waals surface area contributed by atoms with E-state index in [1.807, 2.05) is 31.2 Å². The van der Waals surface area contributed by atoms with Crippen molar-refractivity contribution >= 4 is 18.4 Å². The molecule has 0 radical (unpaired) electrons. The van der Waals surface area contributed by atoms with Crippen LogP contribution in [-0.4, -0.2) is 21.1 Å². The summed E-state index contributed by atoms with van der Waals surface area (Å²) in [5.74, 6) is 0. The Balaban J connectivity index is 2.22. The van der Waals surface area contributed by atoms with Gasteiger partial charge in [-0.05, 0) is 24.7 Å². The Hall–Kier alpha value is -1.75. The zero-order chi connectivity index (χ0) is 10.7. The van der Waals surface area contributed by atoms with Crippen LogP contribution in [0.4, 0.5) is 0 Å². The van der Waals surface area contributed by atoms with Gasteiger partial charge in [-0.1, -0.05) is 29.8 Å². The van der Waals surface area contributed by atoms with Crippen molar-refractivity contribution in [2.24, 2.45) is 5.10 Å². The standard InChI is InChI=1S/C10H10N4S/c1-8-2-4-9(5-3-8)6-12-14-7-11-13-10(14)15/h2-7H,1H3,(H,13,15)/b12-6+. The third-order valence-corrected chi connectivity index (χ3v) is 2.22. The number of aryl methyl sites for hydroxylation is 1. The first-order valence-electron chi connectivity index (χ1n) is 4.49. The number of hydrogen-bond acceptors (Lipinski definition) is 3. The quantitative estimate of drug-likeness (QED) is 0.620. The van der Waals surface area contributed by atoms with Gasteiger partial charge in [-0.2, -0.15) is 14.9 Å². The molecule has 1 aromatic heterocycles. The molecule has 15 heavy (non-hydrogen) atoms. The van der Waals surface area contributed by atoms with Crippen molar-refractivity contribution in [2.75, 3.05) is 0 Å². The molecule has 76 valence electrons. The molecule has 2 aromatic rings. The Morgan fingerprint density at radius 2 is 2.13 bits per heavy atom. The summed E-state index contributed by atoms with van der Waals surface area (Å²) in [6.45, 7) is 2.05. The van der Waals surface area contributed by atoms with Gasteiger partial charge in [-0.3, -0.25) is 5.10 Å². The normalized spacial score (nSPS) is 11.0. The molecule has 0 fully saturated rings. The highest BCUT2D eigenvalue weighted by Crippen LogP contribution is 2.00. The minimum atomic E-state index is 0.485. The third-order valence-electron chi connectivity index (χ3n) is 1.94. The van der Waals surface area contributed by atoms with Gasteiger partial charge in [0, 0.05) is 0 Å². The summed E-state index contributed by atoms with van der Waals surface area (Å²) in [5, 5.41) is 10.6. The van der Waals surface area contributed by atoms with Crippen LogP contribution in [0.3, 0.4) is 0 Å². The van der Waals surface area contributed by atoms with Gasteiger partial charge in [-0.15, -0.1) is 0 Å². The number of nitrogens with zero attached hydrogens (tertiary/aromatic N) is 3. The van der Waals surface area contributed by atoms with E-state index >= 15 is 0 Å². The average Bonchev–Trinajstić information content (AvgIpc) is 2.63. The first-order valence-corrected chi connectivity index (χ1v) is 4.89. The third kappa shape index (κ3) is 2.38. The molecule has 2 rings (SSSR count). The minimum Gasteiger partial charge on any atom is -0.250 e. The molecule has 1 N–H and O–H groups in total. The number of aromatic amines is 1. The van der Waals surface area contributed by atoms with E-state index in [1.54, 1.807) is 6.21 Å². The van der Waals surface area contributed by atoms with Gasteiger partial charge in [0.25, 0.3) is 0 Å². The second-order valence-corrected chi connectivity index (χ2v) is 3.55. The van der Waals surface area contributed by atoms with Crippen LogP contribution < -0.4 is 0 Å². The highest BCUT2D eigenvalue weighted by molar-refractivity contribution is 7.71. The molecule has 0 saturated heterocycles. The molecular weight excluding hydrogens is 208 g/mol. The van der Waals surface area contributed by atoms with Gasteiger partial charge in [0.2, 0.25) is 4.77 Å². The van der Waals surface area contributed by atoms with Crippen molar-refractivity contribution in [1.82, 2.24) is 14.9 Å². The van der Waals surface area contributed by atoms with Crippen molar-refractivity contribution < 1.29 is 0 Å². The second kappa shape index (κ2) is 4.18. The highest BCUT2D eigenvalue weighted by atomic mass is 32.1. The molecule has 0 atom stereocenters. The molecule has 5 heteroatoms. The second-order valence-electron chi connectivity index (χ2n) is 3.16. The maximum absolute atomic E-state index is 4.95. The number of benzene rings is 1. The van der Waals surface area contributed by atoms with Crippen molar-refractivity contribution in [3.63, 3.8) is 0 Å². The fourth-order valence-corrected chi connectivity index (χ4v) is 1.25. The zero-order valence-corrected chi connectivity index (χ0v) is 9.03. The molecule has 0 amide bonds. The zero-order valence-electron chi connectivity index (χ0n) is 8.21. The van der Waals surface area contributed by atoms with Gasteiger partial charge < -0.3 is 0 Å². The first-order chi connectivity index (χ1) is 7.25. The van der Waals surface area contributed by atoms with Crippen LogP contribution >= 0.6 is 12.2 Å². The van der Waals surface area contributed by atoms with Gasteiger partial charge >= 0.3 is 0 Å². The number of H-pyrrole nitrogens is 1. The van der Waals surface area contributed by atoms with Crippen molar-refractivity contribution in [2.45, 2.75) is 6.92 Å². The summed E-state index contributed by atoms with van der Waals surface area (Å²) < 4.78 is 1.99. The fraction of sp³-hybridized carbons (Fsp3) is 0.100.